The van der Waals surface area contributed by atoms with E-state index in [0.717, 1.165) is 12.8 Å². The molecule has 2 amide bonds. The third-order valence-electron chi connectivity index (χ3n) is 4.80. The minimum atomic E-state index is -0.699. The number of esters is 1. The number of hydrogen-bond acceptors (Lipinski definition) is 5. The molecular weight excluding hydrogens is 376 g/mol. The fourth-order valence-corrected chi connectivity index (χ4v) is 3.89. The second kappa shape index (κ2) is 12.3. The summed E-state index contributed by atoms with van der Waals surface area (Å²) in [6, 6.07) is -0.933. The van der Waals surface area contributed by atoms with Crippen LogP contribution < -0.4 is 5.32 Å². The zero-order chi connectivity index (χ0) is 21.2. The second-order valence-corrected chi connectivity index (χ2v) is 9.95. The number of carbonyl (C=O) groups is 3. The predicted molar refractivity (Wildman–Crippen MR) is 114 cm³/mol. The van der Waals surface area contributed by atoms with Crippen molar-refractivity contribution in [3.05, 3.63) is 0 Å². The molecular formula is C21H38N2O4S. The Hall–Kier alpha value is -1.24. The summed E-state index contributed by atoms with van der Waals surface area (Å²) in [5.41, 5.74) is -0.583. The Bertz CT molecular complexity index is 513. The van der Waals surface area contributed by atoms with Gasteiger partial charge >= 0.3 is 12.0 Å². The van der Waals surface area contributed by atoms with Gasteiger partial charge in [-0.2, -0.15) is 0 Å². The van der Waals surface area contributed by atoms with Crippen molar-refractivity contribution in [2.45, 2.75) is 91.2 Å². The van der Waals surface area contributed by atoms with Gasteiger partial charge in [0.15, 0.2) is 5.12 Å². The Morgan fingerprint density at radius 3 is 2.36 bits per heavy atom. The van der Waals surface area contributed by atoms with Gasteiger partial charge in [0.1, 0.15) is 11.6 Å². The maximum absolute atomic E-state index is 12.8. The normalized spacial score (nSPS) is 16.3. The number of nitrogens with zero attached hydrogens (tertiary/aromatic N) is 1. The van der Waals surface area contributed by atoms with E-state index in [0.29, 0.717) is 24.8 Å². The Morgan fingerprint density at radius 1 is 1.14 bits per heavy atom. The van der Waals surface area contributed by atoms with Gasteiger partial charge in [-0.05, 0) is 46.5 Å². The zero-order valence-corrected chi connectivity index (χ0v) is 19.0. The van der Waals surface area contributed by atoms with Crippen LogP contribution >= 0.6 is 11.8 Å². The molecule has 162 valence electrons. The Morgan fingerprint density at radius 2 is 1.79 bits per heavy atom. The van der Waals surface area contributed by atoms with Gasteiger partial charge in [-0.3, -0.25) is 4.79 Å². The fraction of sp³-hybridized carbons (Fsp3) is 0.857. The summed E-state index contributed by atoms with van der Waals surface area (Å²) in [7, 11) is 0. The quantitative estimate of drug-likeness (QED) is 0.448. The number of nitrogens with one attached hydrogen (secondary N) is 1. The summed E-state index contributed by atoms with van der Waals surface area (Å²) in [6.45, 7) is 9.90. The van der Waals surface area contributed by atoms with E-state index in [1.165, 1.54) is 43.9 Å². The molecule has 6 nitrogen and oxygen atoms in total. The van der Waals surface area contributed by atoms with Crippen molar-refractivity contribution < 1.29 is 19.1 Å². The highest BCUT2D eigenvalue weighted by Gasteiger charge is 2.25. The van der Waals surface area contributed by atoms with Crippen molar-refractivity contribution in [2.24, 2.45) is 5.92 Å². The topological polar surface area (TPSA) is 75.7 Å². The van der Waals surface area contributed by atoms with Gasteiger partial charge in [-0.1, -0.05) is 43.9 Å². The first kappa shape index (κ1) is 24.8. The van der Waals surface area contributed by atoms with Crippen molar-refractivity contribution in [2.75, 3.05) is 18.8 Å². The number of ether oxygens (including phenoxy) is 1. The van der Waals surface area contributed by atoms with Gasteiger partial charge in [-0.15, -0.1) is 0 Å². The van der Waals surface area contributed by atoms with Gasteiger partial charge in [-0.25, -0.2) is 9.59 Å². The van der Waals surface area contributed by atoms with Crippen LogP contribution in [0.3, 0.4) is 0 Å². The number of carbonyl (C=O) groups excluding carboxylic acids is 3. The molecule has 1 aliphatic carbocycles. The lowest BCUT2D eigenvalue weighted by Gasteiger charge is -2.29. The molecule has 1 rings (SSSR count). The molecule has 1 N–H and O–H groups in total. The van der Waals surface area contributed by atoms with Crippen molar-refractivity contribution in [1.29, 1.82) is 0 Å². The second-order valence-electron chi connectivity index (χ2n) is 8.68. The third-order valence-corrected chi connectivity index (χ3v) is 5.70. The highest BCUT2D eigenvalue weighted by Crippen LogP contribution is 2.26. The summed E-state index contributed by atoms with van der Waals surface area (Å²) < 4.78 is 5.35. The van der Waals surface area contributed by atoms with Crippen LogP contribution in [0.2, 0.25) is 0 Å². The number of amides is 2. The Kier molecular flexibility index (Phi) is 10.9. The monoisotopic (exact) mass is 414 g/mol. The van der Waals surface area contributed by atoms with E-state index in [4.69, 9.17) is 4.74 Å². The maximum Gasteiger partial charge on any atom is 0.328 e. The first-order valence-electron chi connectivity index (χ1n) is 10.5. The van der Waals surface area contributed by atoms with Gasteiger partial charge < -0.3 is 15.0 Å². The van der Waals surface area contributed by atoms with E-state index in [9.17, 15) is 14.4 Å². The van der Waals surface area contributed by atoms with E-state index in [1.807, 2.05) is 20.8 Å². The summed E-state index contributed by atoms with van der Waals surface area (Å²) >= 11 is 1.28. The van der Waals surface area contributed by atoms with E-state index in [1.54, 1.807) is 18.7 Å². The van der Waals surface area contributed by atoms with Crippen LogP contribution in [-0.4, -0.2) is 52.5 Å². The van der Waals surface area contributed by atoms with Crippen LogP contribution in [0, 0.1) is 5.92 Å². The molecule has 1 saturated carbocycles. The van der Waals surface area contributed by atoms with Gasteiger partial charge in [0.25, 0.3) is 0 Å². The third kappa shape index (κ3) is 10.9. The van der Waals surface area contributed by atoms with E-state index >= 15 is 0 Å². The Balaban J connectivity index is 2.57. The van der Waals surface area contributed by atoms with Crippen LogP contribution in [0.1, 0.15) is 79.6 Å². The largest absolute Gasteiger partial charge is 0.458 e. The molecule has 0 aromatic carbocycles. The molecule has 28 heavy (non-hydrogen) atoms. The molecule has 0 aromatic rings. The van der Waals surface area contributed by atoms with Crippen molar-refractivity contribution in [1.82, 2.24) is 10.2 Å². The van der Waals surface area contributed by atoms with Gasteiger partial charge in [0.05, 0.1) is 0 Å². The van der Waals surface area contributed by atoms with Crippen LogP contribution in [0.5, 0.6) is 0 Å². The molecule has 0 heterocycles. The first-order chi connectivity index (χ1) is 13.1. The number of rotatable bonds is 9. The van der Waals surface area contributed by atoms with Crippen LogP contribution in [0.15, 0.2) is 0 Å². The molecule has 1 aliphatic rings. The van der Waals surface area contributed by atoms with Crippen molar-refractivity contribution in [3.8, 4) is 0 Å². The van der Waals surface area contributed by atoms with Crippen molar-refractivity contribution in [3.63, 3.8) is 0 Å². The SMILES string of the molecule is CC(=O)SCCCN(CCC1CCCCC1)C(=O)N[C@@H](C)C(=O)OC(C)(C)C. The van der Waals surface area contributed by atoms with Crippen LogP contribution in [0.25, 0.3) is 0 Å². The smallest absolute Gasteiger partial charge is 0.328 e. The van der Waals surface area contributed by atoms with Gasteiger partial charge in [0.2, 0.25) is 0 Å². The number of hydrogen-bond donors (Lipinski definition) is 1. The average molecular weight is 415 g/mol. The summed E-state index contributed by atoms with van der Waals surface area (Å²) in [5.74, 6) is 0.948. The molecule has 7 heteroatoms. The molecule has 0 aliphatic heterocycles. The van der Waals surface area contributed by atoms with E-state index in [2.05, 4.69) is 5.32 Å². The van der Waals surface area contributed by atoms with Crippen LogP contribution in [-0.2, 0) is 14.3 Å². The van der Waals surface area contributed by atoms with Crippen LogP contribution in [0.4, 0.5) is 4.79 Å². The Labute approximate surface area is 174 Å². The fourth-order valence-electron chi connectivity index (χ4n) is 3.33. The molecule has 0 radical (unpaired) electrons. The molecule has 1 atom stereocenters. The first-order valence-corrected chi connectivity index (χ1v) is 11.5. The van der Waals surface area contributed by atoms with Gasteiger partial charge in [0, 0.05) is 25.8 Å². The highest BCUT2D eigenvalue weighted by molar-refractivity contribution is 8.13. The van der Waals surface area contributed by atoms with E-state index < -0.39 is 17.6 Å². The predicted octanol–water partition coefficient (Wildman–Crippen LogP) is 4.37. The number of urea groups is 1. The molecule has 0 spiro atoms. The maximum atomic E-state index is 12.8. The minimum absolute atomic E-state index is 0.0942. The lowest BCUT2D eigenvalue weighted by Crippen LogP contribution is -2.49. The highest BCUT2D eigenvalue weighted by atomic mass is 32.2. The molecule has 1 fully saturated rings. The average Bonchev–Trinajstić information content (AvgIpc) is 2.60. The molecule has 0 unspecified atom stereocenters. The molecule has 0 aromatic heterocycles. The minimum Gasteiger partial charge on any atom is -0.458 e. The van der Waals surface area contributed by atoms with E-state index in [-0.39, 0.29) is 11.1 Å². The molecule has 0 bridgehead atoms. The number of thioether (sulfide) groups is 1. The lowest BCUT2D eigenvalue weighted by molar-refractivity contribution is -0.156. The molecule has 0 saturated heterocycles. The lowest BCUT2D eigenvalue weighted by atomic mass is 9.87. The van der Waals surface area contributed by atoms with Crippen molar-refractivity contribution >= 4 is 28.9 Å². The summed E-state index contributed by atoms with van der Waals surface area (Å²) in [5, 5.41) is 2.87. The summed E-state index contributed by atoms with van der Waals surface area (Å²) in [6.07, 6.45) is 8.10. The zero-order valence-electron chi connectivity index (χ0n) is 18.2. The summed E-state index contributed by atoms with van der Waals surface area (Å²) in [4.78, 5) is 37.8. The standard InChI is InChI=1S/C21H38N2O4S/c1-16(19(25)27-21(3,4)5)22-20(26)23(13-9-15-28-17(2)24)14-12-18-10-7-6-8-11-18/h16,18H,6-15H2,1-5H3,(H,22,26)/t16-/m0/s1.